The Morgan fingerprint density at radius 3 is 2.63 bits per heavy atom. The molecule has 2 aromatic rings. The summed E-state index contributed by atoms with van der Waals surface area (Å²) in [5.74, 6) is 1.34. The molecule has 1 saturated heterocycles. The summed E-state index contributed by atoms with van der Waals surface area (Å²) in [6, 6.07) is 2.38. The Morgan fingerprint density at radius 2 is 1.89 bits per heavy atom. The number of nitrogens with zero attached hydrogens (tertiary/aromatic N) is 4. The molecule has 0 saturated carbocycles. The Bertz CT molecular complexity index is 851. The van der Waals surface area contributed by atoms with Gasteiger partial charge in [-0.15, -0.1) is 22.6 Å². The van der Waals surface area contributed by atoms with Crippen LogP contribution in [0.2, 0.25) is 10.0 Å². The molecule has 2 aliphatic heterocycles. The molecule has 1 N–H and O–H groups in total. The first-order valence-corrected chi connectivity index (χ1v) is 9.36. The maximum atomic E-state index is 13.7. The van der Waals surface area contributed by atoms with Crippen LogP contribution in [0.3, 0.4) is 0 Å². The average Bonchev–Trinajstić information content (AvgIpc) is 3.08. The van der Waals surface area contributed by atoms with E-state index in [-0.39, 0.29) is 39.8 Å². The third kappa shape index (κ3) is 3.92. The number of nitrogens with one attached hydrogen (secondary N) is 1. The number of aromatic nitrogens is 3. The van der Waals surface area contributed by atoms with Crippen molar-refractivity contribution in [3.05, 3.63) is 45.2 Å². The second-order valence-corrected chi connectivity index (χ2v) is 7.43. The lowest BCUT2D eigenvalue weighted by Gasteiger charge is -2.32. The van der Waals surface area contributed by atoms with Gasteiger partial charge in [-0.3, -0.25) is 4.79 Å². The minimum atomic E-state index is -0.641. The zero-order valence-electron chi connectivity index (χ0n) is 14.4. The van der Waals surface area contributed by atoms with Crippen LogP contribution < -0.4 is 5.32 Å². The van der Waals surface area contributed by atoms with E-state index in [1.54, 1.807) is 4.90 Å². The highest BCUT2D eigenvalue weighted by Crippen LogP contribution is 2.30. The number of fused-ring (bicyclic) bond motifs is 1. The summed E-state index contributed by atoms with van der Waals surface area (Å²) in [4.78, 5) is 14.4. The molecule has 0 bridgehead atoms. The van der Waals surface area contributed by atoms with E-state index in [0.29, 0.717) is 13.1 Å². The van der Waals surface area contributed by atoms with Crippen molar-refractivity contribution in [3.8, 4) is 0 Å². The van der Waals surface area contributed by atoms with Crippen molar-refractivity contribution in [1.82, 2.24) is 25.0 Å². The Balaban J connectivity index is 0.00000210. The van der Waals surface area contributed by atoms with Gasteiger partial charge < -0.3 is 14.8 Å². The second kappa shape index (κ2) is 8.31. The van der Waals surface area contributed by atoms with Gasteiger partial charge in [-0.2, -0.15) is 0 Å². The fourth-order valence-electron chi connectivity index (χ4n) is 3.61. The van der Waals surface area contributed by atoms with Gasteiger partial charge in [-0.25, -0.2) is 4.39 Å². The molecule has 0 spiro atoms. The summed E-state index contributed by atoms with van der Waals surface area (Å²) < 4.78 is 15.9. The van der Waals surface area contributed by atoms with E-state index < -0.39 is 5.82 Å². The number of piperidine rings is 1. The smallest absolute Gasteiger partial charge is 0.255 e. The molecule has 0 unspecified atom stereocenters. The van der Waals surface area contributed by atoms with Crippen molar-refractivity contribution in [2.75, 3.05) is 19.6 Å². The molecule has 3 heterocycles. The fourth-order valence-corrected chi connectivity index (χ4v) is 4.08. The topological polar surface area (TPSA) is 63.1 Å². The highest BCUT2D eigenvalue weighted by molar-refractivity contribution is 6.36. The van der Waals surface area contributed by atoms with E-state index >= 15 is 0 Å². The highest BCUT2D eigenvalue weighted by atomic mass is 35.5. The van der Waals surface area contributed by atoms with Crippen LogP contribution in [0.15, 0.2) is 12.1 Å². The van der Waals surface area contributed by atoms with E-state index in [2.05, 4.69) is 20.1 Å². The van der Waals surface area contributed by atoms with Crippen molar-refractivity contribution in [1.29, 1.82) is 0 Å². The van der Waals surface area contributed by atoms with E-state index in [4.69, 9.17) is 23.2 Å². The average molecular weight is 435 g/mol. The Hall–Kier alpha value is -1.41. The van der Waals surface area contributed by atoms with Crippen molar-refractivity contribution in [2.45, 2.75) is 31.8 Å². The quantitative estimate of drug-likeness (QED) is 0.737. The Kier molecular flexibility index (Phi) is 6.25. The van der Waals surface area contributed by atoms with Gasteiger partial charge in [0, 0.05) is 32.1 Å². The van der Waals surface area contributed by atoms with Crippen LogP contribution in [0.4, 0.5) is 4.39 Å². The molecular formula is C17H19Cl3FN5O. The van der Waals surface area contributed by atoms with Gasteiger partial charge in [0.25, 0.3) is 5.91 Å². The van der Waals surface area contributed by atoms with Crippen molar-refractivity contribution in [2.24, 2.45) is 0 Å². The number of amides is 1. The SMILES string of the molecule is Cl.O=C(c1cc(F)c(Cl)cc1Cl)N1CCC(c2nnc3n2CCNC3)CC1. The van der Waals surface area contributed by atoms with E-state index in [0.717, 1.165) is 50.2 Å². The van der Waals surface area contributed by atoms with Gasteiger partial charge in [0.1, 0.15) is 17.5 Å². The lowest BCUT2D eigenvalue weighted by molar-refractivity contribution is 0.0709. The van der Waals surface area contributed by atoms with Gasteiger partial charge in [0.05, 0.1) is 22.2 Å². The predicted octanol–water partition coefficient (Wildman–Crippen LogP) is 3.27. The van der Waals surface area contributed by atoms with Gasteiger partial charge >= 0.3 is 0 Å². The van der Waals surface area contributed by atoms with E-state index in [1.165, 1.54) is 6.07 Å². The zero-order valence-corrected chi connectivity index (χ0v) is 16.7. The second-order valence-electron chi connectivity index (χ2n) is 6.62. The number of halogens is 4. The highest BCUT2D eigenvalue weighted by Gasteiger charge is 2.30. The summed E-state index contributed by atoms with van der Waals surface area (Å²) in [6.07, 6.45) is 1.59. The van der Waals surface area contributed by atoms with Gasteiger partial charge in [-0.05, 0) is 25.0 Å². The number of hydrogen-bond donors (Lipinski definition) is 1. The Morgan fingerprint density at radius 1 is 1.15 bits per heavy atom. The number of carbonyl (C=O) groups excluding carboxylic acids is 1. The maximum Gasteiger partial charge on any atom is 0.255 e. The maximum absolute atomic E-state index is 13.7. The molecule has 146 valence electrons. The van der Waals surface area contributed by atoms with E-state index in [1.807, 2.05) is 0 Å². The molecule has 1 aromatic heterocycles. The molecule has 0 aliphatic carbocycles. The minimum absolute atomic E-state index is 0. The first-order chi connectivity index (χ1) is 12.5. The van der Waals surface area contributed by atoms with Crippen LogP contribution in [0.5, 0.6) is 0 Å². The standard InChI is InChI=1S/C17H18Cl2FN5O.ClH/c18-12-8-13(19)14(20)7-11(12)17(26)24-4-1-10(2-5-24)16-23-22-15-9-21-3-6-25(15)16;/h7-8,10,21H,1-6,9H2;1H. The first kappa shape index (κ1) is 20.3. The van der Waals surface area contributed by atoms with Gasteiger partial charge in [0.15, 0.2) is 0 Å². The predicted molar refractivity (Wildman–Crippen MR) is 103 cm³/mol. The van der Waals surface area contributed by atoms with E-state index in [9.17, 15) is 9.18 Å². The van der Waals surface area contributed by atoms with Gasteiger partial charge in [-0.1, -0.05) is 23.2 Å². The molecule has 1 aromatic carbocycles. The lowest BCUT2D eigenvalue weighted by Crippen LogP contribution is -2.39. The summed E-state index contributed by atoms with van der Waals surface area (Å²) in [5.41, 5.74) is 0.151. The fraction of sp³-hybridized carbons (Fsp3) is 0.471. The molecular weight excluding hydrogens is 416 g/mol. The number of benzene rings is 1. The normalized spacial score (nSPS) is 17.4. The summed E-state index contributed by atoms with van der Waals surface area (Å²) in [7, 11) is 0. The number of likely N-dealkylation sites (tertiary alicyclic amines) is 1. The first-order valence-electron chi connectivity index (χ1n) is 8.61. The molecule has 6 nitrogen and oxygen atoms in total. The number of rotatable bonds is 2. The number of hydrogen-bond acceptors (Lipinski definition) is 4. The molecule has 1 amide bonds. The summed E-state index contributed by atoms with van der Waals surface area (Å²) >= 11 is 11.8. The van der Waals surface area contributed by atoms with Crippen LogP contribution in [0.25, 0.3) is 0 Å². The van der Waals surface area contributed by atoms with Crippen LogP contribution in [0.1, 0.15) is 40.8 Å². The van der Waals surface area contributed by atoms with Crippen molar-refractivity contribution >= 4 is 41.5 Å². The van der Waals surface area contributed by atoms with Gasteiger partial charge in [0.2, 0.25) is 0 Å². The third-order valence-corrected chi connectivity index (χ3v) is 5.64. The van der Waals surface area contributed by atoms with Crippen molar-refractivity contribution in [3.63, 3.8) is 0 Å². The molecule has 2 aliphatic rings. The minimum Gasteiger partial charge on any atom is -0.339 e. The molecule has 0 radical (unpaired) electrons. The zero-order chi connectivity index (χ0) is 18.3. The number of carbonyl (C=O) groups is 1. The third-order valence-electron chi connectivity index (χ3n) is 5.04. The molecule has 1 fully saturated rings. The molecule has 27 heavy (non-hydrogen) atoms. The summed E-state index contributed by atoms with van der Waals surface area (Å²) in [5, 5.41) is 12.0. The molecule has 4 rings (SSSR count). The van der Waals surface area contributed by atoms with Crippen LogP contribution in [-0.4, -0.2) is 45.2 Å². The van der Waals surface area contributed by atoms with Crippen LogP contribution >= 0.6 is 35.6 Å². The van der Waals surface area contributed by atoms with Crippen LogP contribution in [0, 0.1) is 5.82 Å². The summed E-state index contributed by atoms with van der Waals surface area (Å²) in [6.45, 7) is 3.67. The van der Waals surface area contributed by atoms with Crippen LogP contribution in [-0.2, 0) is 13.1 Å². The van der Waals surface area contributed by atoms with Crippen molar-refractivity contribution < 1.29 is 9.18 Å². The Labute approximate surface area is 172 Å². The largest absolute Gasteiger partial charge is 0.339 e. The molecule has 0 atom stereocenters. The monoisotopic (exact) mass is 433 g/mol. The lowest BCUT2D eigenvalue weighted by atomic mass is 9.95. The molecule has 10 heteroatoms.